The lowest BCUT2D eigenvalue weighted by Crippen LogP contribution is -2.40. The van der Waals surface area contributed by atoms with E-state index in [2.05, 4.69) is 38.0 Å². The molecular formula is C17H21ClN4S. The molecule has 1 fully saturated rings. The van der Waals surface area contributed by atoms with Crippen molar-refractivity contribution >= 4 is 29.4 Å². The molecule has 122 valence electrons. The van der Waals surface area contributed by atoms with E-state index in [-0.39, 0.29) is 0 Å². The van der Waals surface area contributed by atoms with Crippen LogP contribution < -0.4 is 9.62 Å². The van der Waals surface area contributed by atoms with Gasteiger partial charge in [0.25, 0.3) is 0 Å². The molecule has 3 rings (SSSR count). The lowest BCUT2D eigenvalue weighted by atomic mass is 10.1. The maximum atomic E-state index is 6.34. The third-order valence-corrected chi connectivity index (χ3v) is 5.00. The summed E-state index contributed by atoms with van der Waals surface area (Å²) >= 11 is 8.04. The van der Waals surface area contributed by atoms with Crippen molar-refractivity contribution in [3.8, 4) is 11.3 Å². The van der Waals surface area contributed by atoms with E-state index in [0.29, 0.717) is 11.1 Å². The molecule has 1 aliphatic heterocycles. The molecule has 1 saturated heterocycles. The molecule has 2 aromatic heterocycles. The van der Waals surface area contributed by atoms with Crippen molar-refractivity contribution in [3.63, 3.8) is 0 Å². The fourth-order valence-electron chi connectivity index (χ4n) is 2.82. The molecule has 0 aromatic carbocycles. The van der Waals surface area contributed by atoms with Crippen molar-refractivity contribution in [2.45, 2.75) is 25.8 Å². The fourth-order valence-corrected chi connectivity index (χ4v) is 3.59. The van der Waals surface area contributed by atoms with Gasteiger partial charge in [0.05, 0.1) is 10.7 Å². The van der Waals surface area contributed by atoms with Crippen LogP contribution in [-0.4, -0.2) is 35.4 Å². The molecule has 0 bridgehead atoms. The number of halogens is 1. The molecule has 6 heteroatoms. The summed E-state index contributed by atoms with van der Waals surface area (Å²) in [4.78, 5) is 11.3. The molecule has 2 aromatic rings. The number of piperidine rings is 1. The van der Waals surface area contributed by atoms with Crippen LogP contribution >= 0.6 is 23.5 Å². The summed E-state index contributed by atoms with van der Waals surface area (Å²) in [6, 6.07) is 6.71. The summed E-state index contributed by atoms with van der Waals surface area (Å²) in [5.41, 5.74) is 2.98. The minimum atomic E-state index is 0.590. The summed E-state index contributed by atoms with van der Waals surface area (Å²) in [5, 5.41) is 0.643. The van der Waals surface area contributed by atoms with E-state index in [0.717, 1.165) is 48.6 Å². The van der Waals surface area contributed by atoms with Crippen LogP contribution in [0.1, 0.15) is 18.4 Å². The zero-order valence-corrected chi connectivity index (χ0v) is 15.0. The zero-order chi connectivity index (χ0) is 16.2. The van der Waals surface area contributed by atoms with E-state index in [1.807, 2.05) is 19.2 Å². The van der Waals surface area contributed by atoms with Crippen LogP contribution in [-0.2, 0) is 0 Å². The summed E-state index contributed by atoms with van der Waals surface area (Å²) in [5.74, 6) is 0.981. The molecule has 3 heterocycles. The van der Waals surface area contributed by atoms with Gasteiger partial charge in [-0.1, -0.05) is 29.6 Å². The molecular weight excluding hydrogens is 328 g/mol. The van der Waals surface area contributed by atoms with E-state index < -0.39 is 0 Å². The highest BCUT2D eigenvalue weighted by molar-refractivity contribution is 7.96. The quantitative estimate of drug-likeness (QED) is 0.847. The minimum Gasteiger partial charge on any atom is -0.356 e. The van der Waals surface area contributed by atoms with Crippen molar-refractivity contribution in [1.82, 2.24) is 14.7 Å². The van der Waals surface area contributed by atoms with Gasteiger partial charge < -0.3 is 4.90 Å². The first-order valence-electron chi connectivity index (χ1n) is 7.79. The first-order chi connectivity index (χ1) is 11.2. The number of hydrogen-bond acceptors (Lipinski definition) is 5. The molecule has 0 aliphatic carbocycles. The summed E-state index contributed by atoms with van der Waals surface area (Å²) in [6.07, 6.45) is 7.94. The summed E-state index contributed by atoms with van der Waals surface area (Å²) in [6.45, 7) is 4.05. The maximum Gasteiger partial charge on any atom is 0.129 e. The molecule has 1 aliphatic rings. The Balaban J connectivity index is 1.79. The topological polar surface area (TPSA) is 41.0 Å². The average molecular weight is 349 g/mol. The van der Waals surface area contributed by atoms with E-state index in [4.69, 9.17) is 11.6 Å². The van der Waals surface area contributed by atoms with Crippen molar-refractivity contribution in [2.75, 3.05) is 24.2 Å². The third kappa shape index (κ3) is 3.97. The molecule has 4 nitrogen and oxygen atoms in total. The maximum absolute atomic E-state index is 6.34. The molecule has 0 unspecified atom stereocenters. The SMILES string of the molecule is CSNC1CCN(c2cc(-c3ccc(C)cn3)c(Cl)cn2)CC1. The van der Waals surface area contributed by atoms with E-state index in [1.165, 1.54) is 0 Å². The zero-order valence-electron chi connectivity index (χ0n) is 13.4. The number of anilines is 1. The Morgan fingerprint density at radius 1 is 1.22 bits per heavy atom. The smallest absolute Gasteiger partial charge is 0.129 e. The van der Waals surface area contributed by atoms with Crippen LogP contribution in [0.3, 0.4) is 0 Å². The van der Waals surface area contributed by atoms with Crippen LogP contribution in [0, 0.1) is 6.92 Å². The van der Waals surface area contributed by atoms with Crippen LogP contribution in [0.15, 0.2) is 30.6 Å². The highest BCUT2D eigenvalue weighted by Gasteiger charge is 2.20. The van der Waals surface area contributed by atoms with Gasteiger partial charge in [-0.05, 0) is 43.7 Å². The molecule has 0 amide bonds. The molecule has 0 atom stereocenters. The predicted octanol–water partition coefficient (Wildman–Crippen LogP) is 3.94. The Bertz CT molecular complexity index is 654. The van der Waals surface area contributed by atoms with Crippen LogP contribution in [0.4, 0.5) is 5.82 Å². The largest absolute Gasteiger partial charge is 0.356 e. The van der Waals surface area contributed by atoms with Crippen molar-refractivity contribution in [1.29, 1.82) is 0 Å². The fraction of sp³-hybridized carbons (Fsp3) is 0.412. The standard InChI is InChI=1S/C17H21ClN4S/c1-12-3-4-16(19-10-12)14-9-17(20-11-15(14)18)22-7-5-13(6-8-22)21-23-2/h3-4,9-11,13,21H,5-8H2,1-2H3. The second-order valence-electron chi connectivity index (χ2n) is 5.83. The number of nitrogens with zero attached hydrogens (tertiary/aromatic N) is 3. The summed E-state index contributed by atoms with van der Waals surface area (Å²) in [7, 11) is 0. The Labute approximate surface area is 146 Å². The van der Waals surface area contributed by atoms with E-state index >= 15 is 0 Å². The van der Waals surface area contributed by atoms with Gasteiger partial charge in [0.1, 0.15) is 5.82 Å². The van der Waals surface area contributed by atoms with Gasteiger partial charge in [-0.2, -0.15) is 0 Å². The third-order valence-electron chi connectivity index (χ3n) is 4.13. The number of rotatable bonds is 4. The van der Waals surface area contributed by atoms with Crippen LogP contribution in [0.2, 0.25) is 5.02 Å². The predicted molar refractivity (Wildman–Crippen MR) is 99.1 cm³/mol. The number of nitrogens with one attached hydrogen (secondary N) is 1. The molecule has 0 saturated carbocycles. The van der Waals surface area contributed by atoms with Crippen molar-refractivity contribution < 1.29 is 0 Å². The lowest BCUT2D eigenvalue weighted by molar-refractivity contribution is 0.477. The second-order valence-corrected chi connectivity index (χ2v) is 6.88. The van der Waals surface area contributed by atoms with Crippen LogP contribution in [0.5, 0.6) is 0 Å². The highest BCUT2D eigenvalue weighted by Crippen LogP contribution is 2.30. The average Bonchev–Trinajstić information content (AvgIpc) is 2.57. The Kier molecular flexibility index (Phi) is 5.41. The normalized spacial score (nSPS) is 15.9. The van der Waals surface area contributed by atoms with E-state index in [1.54, 1.807) is 18.1 Å². The Hall–Kier alpha value is -1.30. The number of aryl methyl sites for hydroxylation is 1. The number of pyridine rings is 2. The van der Waals surface area contributed by atoms with Gasteiger partial charge >= 0.3 is 0 Å². The van der Waals surface area contributed by atoms with Crippen molar-refractivity contribution in [3.05, 3.63) is 41.2 Å². The number of hydrogen-bond donors (Lipinski definition) is 1. The van der Waals surface area contributed by atoms with Gasteiger partial charge in [0, 0.05) is 37.1 Å². The first-order valence-corrected chi connectivity index (χ1v) is 9.39. The first kappa shape index (κ1) is 16.6. The van der Waals surface area contributed by atoms with Gasteiger partial charge in [-0.15, -0.1) is 0 Å². The minimum absolute atomic E-state index is 0.590. The molecule has 23 heavy (non-hydrogen) atoms. The lowest BCUT2D eigenvalue weighted by Gasteiger charge is -2.33. The van der Waals surface area contributed by atoms with Gasteiger partial charge in [0.15, 0.2) is 0 Å². The second kappa shape index (κ2) is 7.51. The Morgan fingerprint density at radius 3 is 2.65 bits per heavy atom. The van der Waals surface area contributed by atoms with Gasteiger partial charge in [0.2, 0.25) is 0 Å². The highest BCUT2D eigenvalue weighted by atomic mass is 35.5. The summed E-state index contributed by atoms with van der Waals surface area (Å²) < 4.78 is 3.45. The van der Waals surface area contributed by atoms with E-state index in [9.17, 15) is 0 Å². The van der Waals surface area contributed by atoms with Gasteiger partial charge in [-0.3, -0.25) is 9.71 Å². The molecule has 1 N–H and O–H groups in total. The molecule has 0 spiro atoms. The van der Waals surface area contributed by atoms with Gasteiger partial charge in [-0.25, -0.2) is 4.98 Å². The van der Waals surface area contributed by atoms with Crippen LogP contribution in [0.25, 0.3) is 11.3 Å². The van der Waals surface area contributed by atoms with Crippen molar-refractivity contribution in [2.24, 2.45) is 0 Å². The Morgan fingerprint density at radius 2 is 2.00 bits per heavy atom. The monoisotopic (exact) mass is 348 g/mol. The number of aromatic nitrogens is 2. The molecule has 0 radical (unpaired) electrons.